The molecule has 1 aromatic heterocycles. The number of benzene rings is 5. The number of fused-ring (bicyclic) bond motifs is 2. The first-order valence-corrected chi connectivity index (χ1v) is 22.3. The summed E-state index contributed by atoms with van der Waals surface area (Å²) < 4.78 is 6.52. The second-order valence-electron chi connectivity index (χ2n) is 17.5. The molecule has 310 valence electrons. The minimum Gasteiger partial charge on any atom is -0.462 e. The normalized spacial score (nSPS) is 21.9. The van der Waals surface area contributed by atoms with Gasteiger partial charge in [-0.3, -0.25) is 9.80 Å². The summed E-state index contributed by atoms with van der Waals surface area (Å²) in [5.41, 5.74) is 8.19. The summed E-state index contributed by atoms with van der Waals surface area (Å²) in [5, 5.41) is 12.8. The fourth-order valence-corrected chi connectivity index (χ4v) is 10.7. The molecule has 61 heavy (non-hydrogen) atoms. The van der Waals surface area contributed by atoms with Crippen molar-refractivity contribution in [3.63, 3.8) is 0 Å². The third kappa shape index (κ3) is 7.52. The highest BCUT2D eigenvalue weighted by Gasteiger charge is 2.53. The topological polar surface area (TPSA) is 74.8 Å². The Bertz CT molecular complexity index is 2410. The van der Waals surface area contributed by atoms with Gasteiger partial charge in [0, 0.05) is 74.0 Å². The average molecular weight is 809 g/mol. The largest absolute Gasteiger partial charge is 0.462 e. The van der Waals surface area contributed by atoms with Crippen LogP contribution in [-0.2, 0) is 18.5 Å². The highest BCUT2D eigenvalue weighted by molar-refractivity contribution is 5.97. The van der Waals surface area contributed by atoms with Gasteiger partial charge in [0.05, 0.1) is 30.3 Å². The monoisotopic (exact) mass is 808 g/mol. The zero-order chi connectivity index (χ0) is 41.3. The summed E-state index contributed by atoms with van der Waals surface area (Å²) in [6, 6.07) is 50.0. The standard InChI is InChI=1S/C52H56N8O/c1-38-15-12-16-39-17-13-25-48(49(38)39)58-30-27-46-47(36-58)54-51(61-37-44-24-14-29-56(44)2)55-50(46)59-32-31-57(43(33-59)26-28-53)34-45-35-60(45)52(40-18-6-3-7-19-40,41-20-8-4-9-21-41)42-22-10-5-11-23-42/h3-13,15-23,25,43-45H,14,24,26-27,29-37H2,1-2H3. The molecular weight excluding hydrogens is 753 g/mol. The molecule has 9 heteroatoms. The molecule has 4 aliphatic heterocycles. The highest BCUT2D eigenvalue weighted by atomic mass is 16.5. The van der Waals surface area contributed by atoms with E-state index in [0.717, 1.165) is 70.2 Å². The molecule has 0 radical (unpaired) electrons. The van der Waals surface area contributed by atoms with Gasteiger partial charge in [-0.2, -0.15) is 15.2 Å². The number of aryl methyl sites for hydroxylation is 1. The predicted molar refractivity (Wildman–Crippen MR) is 244 cm³/mol. The molecule has 5 aromatic carbocycles. The predicted octanol–water partition coefficient (Wildman–Crippen LogP) is 8.05. The summed E-state index contributed by atoms with van der Waals surface area (Å²) >= 11 is 0. The average Bonchev–Trinajstić information content (AvgIpc) is 3.95. The van der Waals surface area contributed by atoms with Gasteiger partial charge in [-0.05, 0) is 73.5 Å². The Morgan fingerprint density at radius 2 is 1.41 bits per heavy atom. The van der Waals surface area contributed by atoms with Crippen LogP contribution in [0, 0.1) is 18.3 Å². The zero-order valence-corrected chi connectivity index (χ0v) is 35.5. The van der Waals surface area contributed by atoms with E-state index in [1.54, 1.807) is 0 Å². The van der Waals surface area contributed by atoms with Crippen molar-refractivity contribution >= 4 is 22.3 Å². The minimum atomic E-state index is -0.427. The van der Waals surface area contributed by atoms with Crippen molar-refractivity contribution in [2.75, 3.05) is 69.3 Å². The van der Waals surface area contributed by atoms with Gasteiger partial charge in [-0.25, -0.2) is 0 Å². The zero-order valence-electron chi connectivity index (χ0n) is 35.5. The smallest absolute Gasteiger partial charge is 0.318 e. The van der Waals surface area contributed by atoms with Crippen LogP contribution in [0.4, 0.5) is 11.5 Å². The molecule has 5 heterocycles. The molecule has 4 atom stereocenters. The second-order valence-corrected chi connectivity index (χ2v) is 17.5. The fourth-order valence-electron chi connectivity index (χ4n) is 10.7. The van der Waals surface area contributed by atoms with Gasteiger partial charge in [0.1, 0.15) is 12.4 Å². The van der Waals surface area contributed by atoms with E-state index in [1.807, 2.05) is 0 Å². The lowest BCUT2D eigenvalue weighted by Gasteiger charge is -2.43. The summed E-state index contributed by atoms with van der Waals surface area (Å²) in [6.07, 6.45) is 3.62. The number of ether oxygens (including phenoxy) is 1. The molecule has 0 amide bonds. The lowest BCUT2D eigenvalue weighted by Crippen LogP contribution is -2.55. The maximum atomic E-state index is 10.3. The first kappa shape index (κ1) is 39.4. The van der Waals surface area contributed by atoms with E-state index in [2.05, 4.69) is 172 Å². The molecule has 0 N–H and O–H groups in total. The number of nitrogens with zero attached hydrogens (tertiary/aromatic N) is 8. The van der Waals surface area contributed by atoms with Crippen molar-refractivity contribution in [3.05, 3.63) is 161 Å². The number of anilines is 2. The van der Waals surface area contributed by atoms with Crippen LogP contribution >= 0.6 is 0 Å². The molecule has 0 saturated carbocycles. The Morgan fingerprint density at radius 1 is 0.721 bits per heavy atom. The molecule has 3 saturated heterocycles. The first-order valence-electron chi connectivity index (χ1n) is 22.3. The third-order valence-electron chi connectivity index (χ3n) is 13.9. The number of hydrogen-bond acceptors (Lipinski definition) is 9. The number of rotatable bonds is 12. The summed E-state index contributed by atoms with van der Waals surface area (Å²) in [6.45, 7) is 9.77. The van der Waals surface area contributed by atoms with Gasteiger partial charge in [0.25, 0.3) is 0 Å². The van der Waals surface area contributed by atoms with Gasteiger partial charge in [-0.15, -0.1) is 0 Å². The van der Waals surface area contributed by atoms with E-state index in [4.69, 9.17) is 14.7 Å². The lowest BCUT2D eigenvalue weighted by molar-refractivity contribution is 0.164. The Hall–Kier alpha value is -5.79. The minimum absolute atomic E-state index is 0.0710. The van der Waals surface area contributed by atoms with E-state index in [-0.39, 0.29) is 6.04 Å². The van der Waals surface area contributed by atoms with Crippen LogP contribution in [0.1, 0.15) is 52.8 Å². The molecule has 6 aromatic rings. The van der Waals surface area contributed by atoms with Gasteiger partial charge in [-0.1, -0.05) is 121 Å². The molecule has 0 bridgehead atoms. The van der Waals surface area contributed by atoms with Crippen molar-refractivity contribution < 1.29 is 4.74 Å². The molecule has 4 unspecified atom stereocenters. The van der Waals surface area contributed by atoms with Gasteiger partial charge < -0.3 is 19.4 Å². The van der Waals surface area contributed by atoms with Crippen LogP contribution < -0.4 is 14.5 Å². The highest BCUT2D eigenvalue weighted by Crippen LogP contribution is 2.48. The van der Waals surface area contributed by atoms with Crippen LogP contribution in [-0.4, -0.2) is 102 Å². The van der Waals surface area contributed by atoms with Crippen molar-refractivity contribution in [2.45, 2.75) is 62.8 Å². The summed E-state index contributed by atoms with van der Waals surface area (Å²) in [5.74, 6) is 0.986. The maximum absolute atomic E-state index is 10.3. The van der Waals surface area contributed by atoms with E-state index in [9.17, 15) is 5.26 Å². The first-order chi connectivity index (χ1) is 30.0. The van der Waals surface area contributed by atoms with Crippen molar-refractivity contribution in [2.24, 2.45) is 0 Å². The SMILES string of the molecule is Cc1cccc2cccc(N3CCc4c(nc(OCC5CCCN5C)nc4N4CCN(CC5CN5C(c5ccccc5)(c5ccccc5)c5ccccc5)C(CC#N)C4)C3)c12. The van der Waals surface area contributed by atoms with Crippen molar-refractivity contribution in [3.8, 4) is 12.1 Å². The van der Waals surface area contributed by atoms with Crippen LogP contribution in [0.3, 0.4) is 0 Å². The van der Waals surface area contributed by atoms with Crippen LogP contribution in [0.2, 0.25) is 0 Å². The van der Waals surface area contributed by atoms with Crippen molar-refractivity contribution in [1.29, 1.82) is 5.26 Å². The third-order valence-corrected chi connectivity index (χ3v) is 13.9. The second kappa shape index (κ2) is 16.9. The number of piperazine rings is 1. The van der Waals surface area contributed by atoms with Gasteiger partial charge in [0.15, 0.2) is 0 Å². The Morgan fingerprint density at radius 3 is 2.07 bits per heavy atom. The lowest BCUT2D eigenvalue weighted by atomic mass is 9.76. The van der Waals surface area contributed by atoms with E-state index in [1.165, 1.54) is 50.7 Å². The Balaban J connectivity index is 0.934. The summed E-state index contributed by atoms with van der Waals surface area (Å²) in [7, 11) is 2.19. The van der Waals surface area contributed by atoms with Crippen molar-refractivity contribution in [1.82, 2.24) is 24.7 Å². The molecule has 9 nitrogen and oxygen atoms in total. The number of nitriles is 1. The number of likely N-dealkylation sites (N-methyl/N-ethyl adjacent to an activating group) is 1. The fraction of sp³-hybridized carbons (Fsp3) is 0.365. The Labute approximate surface area is 360 Å². The van der Waals surface area contributed by atoms with E-state index < -0.39 is 5.54 Å². The number of likely N-dealkylation sites (tertiary alicyclic amines) is 1. The molecule has 0 aliphatic carbocycles. The maximum Gasteiger partial charge on any atom is 0.318 e. The number of hydrogen-bond donors (Lipinski definition) is 0. The van der Waals surface area contributed by atoms with E-state index in [0.29, 0.717) is 37.7 Å². The molecule has 10 rings (SSSR count). The summed E-state index contributed by atoms with van der Waals surface area (Å²) in [4.78, 5) is 23.0. The molecule has 3 fully saturated rings. The van der Waals surface area contributed by atoms with Crippen LogP contribution in [0.25, 0.3) is 10.8 Å². The quantitative estimate of drug-likeness (QED) is 0.0903. The van der Waals surface area contributed by atoms with E-state index >= 15 is 0 Å². The van der Waals surface area contributed by atoms with Gasteiger partial charge >= 0.3 is 6.01 Å². The van der Waals surface area contributed by atoms with Crippen LogP contribution in [0.5, 0.6) is 6.01 Å². The number of aromatic nitrogens is 2. The van der Waals surface area contributed by atoms with Crippen LogP contribution in [0.15, 0.2) is 127 Å². The van der Waals surface area contributed by atoms with Gasteiger partial charge in [0.2, 0.25) is 0 Å². The Kier molecular flexibility index (Phi) is 10.9. The molecule has 4 aliphatic rings. The molecular formula is C52H56N8O. The molecule has 0 spiro atoms.